The first-order chi connectivity index (χ1) is 38.4. The van der Waals surface area contributed by atoms with Gasteiger partial charge in [0.1, 0.15) is 5.41 Å². The summed E-state index contributed by atoms with van der Waals surface area (Å²) >= 11 is 0. The largest absolute Gasteiger partial charge is 0.387 e. The third kappa shape index (κ3) is 10.4. The SMILES string of the molecule is CC(C)(C(=O)N[C@@H](c1cccc2ccccc12)C(O)(Cc1ccc2ccccc2c1)Cc1ccc2ccccc2c1)C(=O)N[C@@H](c1cccc2ccccc12)C(O)(Cc1ccc2ccccc2c1)Cc1ccc2ccccc2c1. The van der Waals surface area contributed by atoms with E-state index in [1.807, 2.05) is 133 Å². The van der Waals surface area contributed by atoms with Gasteiger partial charge in [0.15, 0.2) is 0 Å². The summed E-state index contributed by atoms with van der Waals surface area (Å²) in [5, 5.41) is 46.8. The van der Waals surface area contributed by atoms with Gasteiger partial charge in [0, 0.05) is 25.7 Å². The van der Waals surface area contributed by atoms with Crippen LogP contribution in [0.5, 0.6) is 0 Å². The smallest absolute Gasteiger partial charge is 0.235 e. The van der Waals surface area contributed by atoms with Gasteiger partial charge in [-0.1, -0.05) is 255 Å². The Morgan fingerprint density at radius 1 is 0.329 bits per heavy atom. The number of carbonyl (C=O) groups excluding carboxylic acids is 2. The fourth-order valence-electron chi connectivity index (χ4n) is 12.1. The summed E-state index contributed by atoms with van der Waals surface area (Å²) in [4.78, 5) is 31.6. The molecule has 0 heterocycles. The molecule has 0 saturated carbocycles. The van der Waals surface area contributed by atoms with Crippen molar-refractivity contribution in [3.63, 3.8) is 0 Å². The van der Waals surface area contributed by atoms with Crippen LogP contribution < -0.4 is 10.6 Å². The molecule has 6 nitrogen and oxygen atoms in total. The van der Waals surface area contributed by atoms with Crippen molar-refractivity contribution in [3.05, 3.63) is 288 Å². The van der Waals surface area contributed by atoms with Gasteiger partial charge in [-0.25, -0.2) is 0 Å². The molecule has 12 aromatic rings. The molecule has 0 fully saturated rings. The maximum atomic E-state index is 15.8. The summed E-state index contributed by atoms with van der Waals surface area (Å²) in [7, 11) is 0. The predicted octanol–water partition coefficient (Wildman–Crippen LogP) is 15.1. The molecule has 388 valence electrons. The quantitative estimate of drug-likeness (QED) is 0.0725. The van der Waals surface area contributed by atoms with E-state index < -0.39 is 40.5 Å². The average Bonchev–Trinajstić information content (AvgIpc) is 3.58. The Balaban J connectivity index is 0.967. The Morgan fingerprint density at radius 3 is 0.886 bits per heavy atom. The van der Waals surface area contributed by atoms with E-state index in [1.54, 1.807) is 13.8 Å². The first-order valence-electron chi connectivity index (χ1n) is 27.3. The highest BCUT2D eigenvalue weighted by molar-refractivity contribution is 6.05. The molecule has 0 aliphatic heterocycles. The highest BCUT2D eigenvalue weighted by atomic mass is 16.3. The molecule has 0 bridgehead atoms. The molecule has 12 rings (SSSR count). The van der Waals surface area contributed by atoms with E-state index in [-0.39, 0.29) is 25.7 Å². The van der Waals surface area contributed by atoms with Crippen LogP contribution in [0.25, 0.3) is 64.6 Å². The lowest BCUT2D eigenvalue weighted by Gasteiger charge is -2.41. The zero-order chi connectivity index (χ0) is 54.1. The van der Waals surface area contributed by atoms with Crippen LogP contribution in [0.4, 0.5) is 0 Å². The zero-order valence-corrected chi connectivity index (χ0v) is 44.4. The molecule has 2 amide bonds. The van der Waals surface area contributed by atoms with Crippen LogP contribution >= 0.6 is 0 Å². The molecule has 79 heavy (non-hydrogen) atoms. The molecule has 0 spiro atoms. The van der Waals surface area contributed by atoms with Crippen molar-refractivity contribution in [1.29, 1.82) is 0 Å². The number of nitrogens with one attached hydrogen (secondary N) is 2. The summed E-state index contributed by atoms with van der Waals surface area (Å²) in [5.41, 5.74) is -0.0263. The monoisotopic (exact) mass is 1030 g/mol. The molecule has 0 aliphatic rings. The molecule has 0 unspecified atom stereocenters. The Bertz CT molecular complexity index is 3810. The van der Waals surface area contributed by atoms with Gasteiger partial charge in [0.25, 0.3) is 0 Å². The second-order valence-electron chi connectivity index (χ2n) is 22.2. The van der Waals surface area contributed by atoms with Crippen molar-refractivity contribution in [2.45, 2.75) is 62.8 Å². The lowest BCUT2D eigenvalue weighted by atomic mass is 9.76. The summed E-state index contributed by atoms with van der Waals surface area (Å²) in [6.45, 7) is 3.27. The molecule has 0 aromatic heterocycles. The van der Waals surface area contributed by atoms with Gasteiger partial charge >= 0.3 is 0 Å². The number of amides is 2. The van der Waals surface area contributed by atoms with Crippen LogP contribution in [0.3, 0.4) is 0 Å². The van der Waals surface area contributed by atoms with Crippen molar-refractivity contribution in [3.8, 4) is 0 Å². The third-order valence-electron chi connectivity index (χ3n) is 16.3. The average molecular weight is 1030 g/mol. The number of fused-ring (bicyclic) bond motifs is 6. The lowest BCUT2D eigenvalue weighted by molar-refractivity contribution is -0.145. The first kappa shape index (κ1) is 50.9. The normalized spacial score (nSPS) is 13.0. The minimum absolute atomic E-state index is 0.172. The predicted molar refractivity (Wildman–Crippen MR) is 324 cm³/mol. The maximum absolute atomic E-state index is 15.8. The first-order valence-corrected chi connectivity index (χ1v) is 27.3. The van der Waals surface area contributed by atoms with Crippen molar-refractivity contribution >= 4 is 76.4 Å². The van der Waals surface area contributed by atoms with Gasteiger partial charge in [-0.05, 0) is 112 Å². The topological polar surface area (TPSA) is 98.7 Å². The number of aliphatic hydroxyl groups is 2. The van der Waals surface area contributed by atoms with Gasteiger partial charge < -0.3 is 20.8 Å². The number of hydrogen-bond donors (Lipinski definition) is 4. The van der Waals surface area contributed by atoms with Crippen molar-refractivity contribution in [1.82, 2.24) is 10.6 Å². The fraction of sp³-hybridized carbons (Fsp3) is 0.151. The molecule has 2 atom stereocenters. The molecular formula is C73H62N2O4. The van der Waals surface area contributed by atoms with E-state index >= 15 is 9.59 Å². The maximum Gasteiger partial charge on any atom is 0.235 e. The van der Waals surface area contributed by atoms with E-state index in [9.17, 15) is 10.2 Å². The highest BCUT2D eigenvalue weighted by Crippen LogP contribution is 2.41. The number of benzene rings is 12. The minimum Gasteiger partial charge on any atom is -0.387 e. The Kier molecular flexibility index (Phi) is 13.6. The van der Waals surface area contributed by atoms with Crippen LogP contribution in [-0.2, 0) is 35.3 Å². The third-order valence-corrected chi connectivity index (χ3v) is 16.3. The van der Waals surface area contributed by atoms with E-state index in [0.29, 0.717) is 0 Å². The van der Waals surface area contributed by atoms with Gasteiger partial charge in [-0.2, -0.15) is 0 Å². The van der Waals surface area contributed by atoms with E-state index in [1.165, 1.54) is 0 Å². The van der Waals surface area contributed by atoms with Gasteiger partial charge in [-0.15, -0.1) is 0 Å². The number of hydrogen-bond acceptors (Lipinski definition) is 4. The van der Waals surface area contributed by atoms with Crippen molar-refractivity contribution in [2.24, 2.45) is 5.41 Å². The molecule has 4 N–H and O–H groups in total. The van der Waals surface area contributed by atoms with Crippen molar-refractivity contribution in [2.75, 3.05) is 0 Å². The summed E-state index contributed by atoms with van der Waals surface area (Å²) in [6, 6.07) is 83.6. The van der Waals surface area contributed by atoms with Crippen LogP contribution in [0, 0.1) is 5.41 Å². The second kappa shape index (κ2) is 21.1. The zero-order valence-electron chi connectivity index (χ0n) is 44.4. The van der Waals surface area contributed by atoms with E-state index in [4.69, 9.17) is 0 Å². The van der Waals surface area contributed by atoms with Gasteiger partial charge in [0.05, 0.1) is 23.3 Å². The molecule has 12 aromatic carbocycles. The Morgan fingerprint density at radius 2 is 0.582 bits per heavy atom. The number of rotatable bonds is 16. The summed E-state index contributed by atoms with van der Waals surface area (Å²) in [6.07, 6.45) is 0.687. The van der Waals surface area contributed by atoms with Crippen LogP contribution in [0.2, 0.25) is 0 Å². The lowest BCUT2D eigenvalue weighted by Crippen LogP contribution is -2.57. The van der Waals surface area contributed by atoms with Gasteiger partial charge in [0.2, 0.25) is 11.8 Å². The standard InChI is InChI=1S/C73H62N2O4/c1-71(2,69(76)74-67(65-31-15-27-57-21-11-13-29-63(57)65)72(78,45-49-33-37-53-17-3-7-23-59(53)41-49)46-50-34-38-54-18-4-8-24-60(54)42-50)70(77)75-68(66-32-16-28-58-22-12-14-30-64(58)66)73(79,47-51-35-39-55-19-5-9-25-61(55)43-51)48-52-36-40-56-20-6-10-26-62(56)44-52/h3-44,67-68,78-79H,45-48H2,1-2H3,(H,74,76)(H,75,77)/t67-,68-/m0/s1. The van der Waals surface area contributed by atoms with E-state index in [2.05, 4.69) is 132 Å². The minimum atomic E-state index is -1.76. The second-order valence-corrected chi connectivity index (χ2v) is 22.2. The fourth-order valence-corrected chi connectivity index (χ4v) is 12.1. The number of carbonyl (C=O) groups is 2. The van der Waals surface area contributed by atoms with Crippen LogP contribution in [0.15, 0.2) is 255 Å². The molecule has 6 heteroatoms. The molecule has 0 aliphatic carbocycles. The van der Waals surface area contributed by atoms with E-state index in [0.717, 1.165) is 98.0 Å². The summed E-state index contributed by atoms with van der Waals surface area (Å²) < 4.78 is 0. The van der Waals surface area contributed by atoms with Crippen LogP contribution in [0.1, 0.15) is 59.3 Å². The highest BCUT2D eigenvalue weighted by Gasteiger charge is 2.47. The molecular weight excluding hydrogens is 969 g/mol. The Labute approximate surface area is 461 Å². The molecule has 0 radical (unpaired) electrons. The van der Waals surface area contributed by atoms with Crippen LogP contribution in [-0.4, -0.2) is 33.2 Å². The van der Waals surface area contributed by atoms with Crippen molar-refractivity contribution < 1.29 is 19.8 Å². The molecule has 0 saturated heterocycles. The van der Waals surface area contributed by atoms with Gasteiger partial charge in [-0.3, -0.25) is 9.59 Å². The Hall–Kier alpha value is -8.94. The summed E-state index contributed by atoms with van der Waals surface area (Å²) in [5.74, 6) is -1.16.